The van der Waals surface area contributed by atoms with Gasteiger partial charge in [0.2, 0.25) is 0 Å². The molecule has 0 aliphatic heterocycles. The van der Waals surface area contributed by atoms with Crippen molar-refractivity contribution in [1.29, 1.82) is 0 Å². The Labute approximate surface area is 115 Å². The summed E-state index contributed by atoms with van der Waals surface area (Å²) >= 11 is 0. The lowest BCUT2D eigenvalue weighted by Gasteiger charge is -2.21. The normalized spacial score (nSPS) is 14.4. The zero-order valence-electron chi connectivity index (χ0n) is 12.5. The molecule has 5 heteroatoms. The van der Waals surface area contributed by atoms with Gasteiger partial charge in [-0.25, -0.2) is 0 Å². The van der Waals surface area contributed by atoms with Crippen molar-refractivity contribution in [2.45, 2.75) is 52.7 Å². The SMILES string of the molecule is CCC(C)C(NCc1cnn(C(C)C)c1)C(=O)OC. The van der Waals surface area contributed by atoms with E-state index >= 15 is 0 Å². The maximum Gasteiger partial charge on any atom is 0.323 e. The predicted octanol–water partition coefficient (Wildman–Crippen LogP) is 2.14. The molecule has 5 nitrogen and oxygen atoms in total. The Morgan fingerprint density at radius 3 is 2.63 bits per heavy atom. The second-order valence-corrected chi connectivity index (χ2v) is 5.19. The number of carbonyl (C=O) groups is 1. The highest BCUT2D eigenvalue weighted by Gasteiger charge is 2.24. The monoisotopic (exact) mass is 267 g/mol. The van der Waals surface area contributed by atoms with Gasteiger partial charge >= 0.3 is 5.97 Å². The highest BCUT2D eigenvalue weighted by Crippen LogP contribution is 2.11. The molecule has 2 atom stereocenters. The first-order valence-electron chi connectivity index (χ1n) is 6.83. The molecule has 0 fully saturated rings. The number of methoxy groups -OCH3 is 1. The summed E-state index contributed by atoms with van der Waals surface area (Å²) in [5.41, 5.74) is 1.07. The minimum absolute atomic E-state index is 0.203. The van der Waals surface area contributed by atoms with Gasteiger partial charge in [0.25, 0.3) is 0 Å². The average molecular weight is 267 g/mol. The zero-order chi connectivity index (χ0) is 14.4. The molecule has 1 rings (SSSR count). The van der Waals surface area contributed by atoms with E-state index in [9.17, 15) is 4.79 Å². The molecule has 0 aliphatic carbocycles. The average Bonchev–Trinajstić information content (AvgIpc) is 2.87. The van der Waals surface area contributed by atoms with Gasteiger partial charge in [0.15, 0.2) is 0 Å². The molecule has 0 aliphatic rings. The molecule has 0 saturated heterocycles. The van der Waals surface area contributed by atoms with Crippen LogP contribution >= 0.6 is 0 Å². The first-order valence-corrected chi connectivity index (χ1v) is 6.83. The van der Waals surface area contributed by atoms with Crippen molar-refractivity contribution < 1.29 is 9.53 Å². The molecule has 0 amide bonds. The van der Waals surface area contributed by atoms with Gasteiger partial charge in [-0.2, -0.15) is 5.10 Å². The molecule has 0 bridgehead atoms. The second kappa shape index (κ2) is 7.28. The van der Waals surface area contributed by atoms with Crippen LogP contribution in [0, 0.1) is 5.92 Å². The number of nitrogens with zero attached hydrogens (tertiary/aromatic N) is 2. The fourth-order valence-electron chi connectivity index (χ4n) is 1.86. The fraction of sp³-hybridized carbons (Fsp3) is 0.714. The largest absolute Gasteiger partial charge is 0.468 e. The van der Waals surface area contributed by atoms with Crippen LogP contribution in [0.3, 0.4) is 0 Å². The van der Waals surface area contributed by atoms with E-state index in [1.165, 1.54) is 7.11 Å². The van der Waals surface area contributed by atoms with E-state index in [1.54, 1.807) is 0 Å². The third-order valence-electron chi connectivity index (χ3n) is 3.38. The Hall–Kier alpha value is -1.36. The van der Waals surface area contributed by atoms with E-state index in [4.69, 9.17) is 4.74 Å². The summed E-state index contributed by atoms with van der Waals surface area (Å²) in [5.74, 6) is 0.0400. The van der Waals surface area contributed by atoms with Gasteiger partial charge < -0.3 is 4.74 Å². The first-order chi connectivity index (χ1) is 8.99. The molecule has 0 spiro atoms. The quantitative estimate of drug-likeness (QED) is 0.769. The van der Waals surface area contributed by atoms with Crippen LogP contribution in [0.2, 0.25) is 0 Å². The number of aromatic nitrogens is 2. The van der Waals surface area contributed by atoms with Gasteiger partial charge in [-0.15, -0.1) is 0 Å². The number of rotatable bonds is 7. The van der Waals surface area contributed by atoms with Crippen LogP contribution in [0.15, 0.2) is 12.4 Å². The van der Waals surface area contributed by atoms with Gasteiger partial charge in [0.05, 0.1) is 13.3 Å². The highest BCUT2D eigenvalue weighted by atomic mass is 16.5. The number of hydrogen-bond donors (Lipinski definition) is 1. The molecule has 0 saturated carbocycles. The summed E-state index contributed by atoms with van der Waals surface area (Å²) in [6.07, 6.45) is 4.76. The van der Waals surface area contributed by atoms with Crippen LogP contribution in [0.25, 0.3) is 0 Å². The fourth-order valence-corrected chi connectivity index (χ4v) is 1.86. The molecule has 1 N–H and O–H groups in total. The summed E-state index contributed by atoms with van der Waals surface area (Å²) in [5, 5.41) is 7.55. The molecule has 1 heterocycles. The van der Waals surface area contributed by atoms with Crippen LogP contribution in [0.4, 0.5) is 0 Å². The molecule has 19 heavy (non-hydrogen) atoms. The zero-order valence-corrected chi connectivity index (χ0v) is 12.5. The Bertz CT molecular complexity index is 401. The lowest BCUT2D eigenvalue weighted by molar-refractivity contribution is -0.144. The Morgan fingerprint density at radius 1 is 1.47 bits per heavy atom. The minimum Gasteiger partial charge on any atom is -0.468 e. The molecule has 2 unspecified atom stereocenters. The van der Waals surface area contributed by atoms with Crippen molar-refractivity contribution in [2.24, 2.45) is 5.92 Å². The molecular formula is C14H25N3O2. The summed E-state index contributed by atoms with van der Waals surface area (Å²) in [6.45, 7) is 8.91. The molecule has 1 aromatic heterocycles. The van der Waals surface area contributed by atoms with Gasteiger partial charge in [0, 0.05) is 24.3 Å². The van der Waals surface area contributed by atoms with Crippen molar-refractivity contribution >= 4 is 5.97 Å². The van der Waals surface area contributed by atoms with Crippen molar-refractivity contribution in [3.8, 4) is 0 Å². The van der Waals surface area contributed by atoms with E-state index in [1.807, 2.05) is 24.0 Å². The lowest BCUT2D eigenvalue weighted by Crippen LogP contribution is -2.42. The molecule has 0 aromatic carbocycles. The number of esters is 1. The van der Waals surface area contributed by atoms with Crippen LogP contribution in [0.1, 0.15) is 45.7 Å². The summed E-state index contributed by atoms with van der Waals surface area (Å²) in [7, 11) is 1.43. The second-order valence-electron chi connectivity index (χ2n) is 5.19. The molecule has 108 valence electrons. The van der Waals surface area contributed by atoms with Crippen molar-refractivity contribution in [1.82, 2.24) is 15.1 Å². The van der Waals surface area contributed by atoms with Crippen LogP contribution in [-0.2, 0) is 16.1 Å². The Balaban J connectivity index is 2.62. The third kappa shape index (κ3) is 4.35. The number of hydrogen-bond acceptors (Lipinski definition) is 4. The van der Waals surface area contributed by atoms with Crippen molar-refractivity contribution in [3.05, 3.63) is 18.0 Å². The topological polar surface area (TPSA) is 56.2 Å². The number of carbonyl (C=O) groups excluding carboxylic acids is 1. The van der Waals surface area contributed by atoms with E-state index in [2.05, 4.69) is 31.2 Å². The first kappa shape index (κ1) is 15.7. The highest BCUT2D eigenvalue weighted by molar-refractivity contribution is 5.75. The lowest BCUT2D eigenvalue weighted by atomic mass is 9.99. The van der Waals surface area contributed by atoms with Crippen LogP contribution in [0.5, 0.6) is 0 Å². The molecule has 1 aromatic rings. The number of nitrogens with one attached hydrogen (secondary N) is 1. The van der Waals surface area contributed by atoms with Gasteiger partial charge in [0.1, 0.15) is 6.04 Å². The molecule has 0 radical (unpaired) electrons. The standard InChI is InChI=1S/C14H25N3O2/c1-6-11(4)13(14(18)19-5)15-7-12-8-16-17(9-12)10(2)3/h8-11,13,15H,6-7H2,1-5H3. The van der Waals surface area contributed by atoms with Gasteiger partial charge in [-0.1, -0.05) is 20.3 Å². The molecular weight excluding hydrogens is 242 g/mol. The van der Waals surface area contributed by atoms with Crippen molar-refractivity contribution in [3.63, 3.8) is 0 Å². The smallest absolute Gasteiger partial charge is 0.323 e. The van der Waals surface area contributed by atoms with Crippen molar-refractivity contribution in [2.75, 3.05) is 7.11 Å². The van der Waals surface area contributed by atoms with E-state index in [0.29, 0.717) is 12.6 Å². The summed E-state index contributed by atoms with van der Waals surface area (Å²) in [4.78, 5) is 11.7. The Morgan fingerprint density at radius 2 is 2.16 bits per heavy atom. The third-order valence-corrected chi connectivity index (χ3v) is 3.38. The van der Waals surface area contributed by atoms with Gasteiger partial charge in [-0.3, -0.25) is 14.8 Å². The van der Waals surface area contributed by atoms with E-state index < -0.39 is 0 Å². The van der Waals surface area contributed by atoms with E-state index in [-0.39, 0.29) is 17.9 Å². The number of ether oxygens (including phenoxy) is 1. The van der Waals surface area contributed by atoms with Gasteiger partial charge in [-0.05, 0) is 19.8 Å². The maximum atomic E-state index is 11.7. The Kier molecular flexibility index (Phi) is 6.02. The predicted molar refractivity (Wildman–Crippen MR) is 74.7 cm³/mol. The van der Waals surface area contributed by atoms with Crippen LogP contribution < -0.4 is 5.32 Å². The maximum absolute atomic E-state index is 11.7. The van der Waals surface area contributed by atoms with E-state index in [0.717, 1.165) is 12.0 Å². The van der Waals surface area contributed by atoms with Crippen LogP contribution in [-0.4, -0.2) is 28.9 Å². The summed E-state index contributed by atoms with van der Waals surface area (Å²) in [6, 6.07) is 0.0807. The minimum atomic E-state index is -0.266. The summed E-state index contributed by atoms with van der Waals surface area (Å²) < 4.78 is 6.76.